The second kappa shape index (κ2) is 4.79. The zero-order valence-electron chi connectivity index (χ0n) is 6.99. The molecule has 0 aliphatic heterocycles. The summed E-state index contributed by atoms with van der Waals surface area (Å²) in [5, 5.41) is 9.06. The molecule has 0 aromatic carbocycles. The summed E-state index contributed by atoms with van der Waals surface area (Å²) in [5.74, 6) is 0. The van der Waals surface area contributed by atoms with Crippen molar-refractivity contribution in [2.24, 2.45) is 0 Å². The molecule has 0 radical (unpaired) electrons. The average Bonchev–Trinajstić information content (AvgIpc) is 1.84. The molecule has 0 aliphatic rings. The first-order valence-corrected chi connectivity index (χ1v) is 4.46. The van der Waals surface area contributed by atoms with Gasteiger partial charge in [0.1, 0.15) is 10.1 Å². The van der Waals surface area contributed by atoms with Gasteiger partial charge < -0.3 is 9.66 Å². The first-order valence-electron chi connectivity index (χ1n) is 3.05. The van der Waals surface area contributed by atoms with Gasteiger partial charge in [0.25, 0.3) is 0 Å². The molecule has 0 aliphatic carbocycles. The van der Waals surface area contributed by atoms with Gasteiger partial charge in [0, 0.05) is 0 Å². The zero-order valence-corrected chi connectivity index (χ0v) is 9.81. The predicted molar refractivity (Wildman–Crippen MR) is 35.2 cm³/mol. The van der Waals surface area contributed by atoms with Crippen LogP contribution < -0.4 is 29.6 Å². The van der Waals surface area contributed by atoms with Crippen LogP contribution in [0.25, 0.3) is 0 Å². The number of hydrogen-bond donors (Lipinski definition) is 1. The van der Waals surface area contributed by atoms with Gasteiger partial charge in [-0.1, -0.05) is 13.8 Å². The molecule has 6 heteroatoms. The molecule has 0 spiro atoms. The van der Waals surface area contributed by atoms with E-state index in [-0.39, 0.29) is 42.4 Å². The summed E-state index contributed by atoms with van der Waals surface area (Å²) < 4.78 is 30.9. The molecule has 0 fully saturated rings. The number of hydrogen-bond acceptors (Lipinski definition) is 4. The fourth-order valence-electron chi connectivity index (χ4n) is 0.604. The third kappa shape index (κ3) is 3.40. The minimum Gasteiger partial charge on any atom is -0.746 e. The van der Waals surface area contributed by atoms with Gasteiger partial charge in [0.15, 0.2) is 4.93 Å². The molecule has 11 heavy (non-hydrogen) atoms. The molecule has 0 aromatic rings. The average molecular weight is 190 g/mol. The van der Waals surface area contributed by atoms with Crippen molar-refractivity contribution in [3.8, 4) is 0 Å². The molecular formula is C5H11NaO4S. The van der Waals surface area contributed by atoms with Crippen LogP contribution in [0.15, 0.2) is 0 Å². The Morgan fingerprint density at radius 1 is 1.36 bits per heavy atom. The van der Waals surface area contributed by atoms with Crippen molar-refractivity contribution < 1.29 is 47.6 Å². The van der Waals surface area contributed by atoms with Gasteiger partial charge in [-0.05, 0) is 12.8 Å². The van der Waals surface area contributed by atoms with E-state index in [0.29, 0.717) is 0 Å². The Labute approximate surface area is 89.0 Å². The Bertz CT molecular complexity index is 195. The van der Waals surface area contributed by atoms with Crippen LogP contribution >= 0.6 is 0 Å². The molecule has 0 bridgehead atoms. The monoisotopic (exact) mass is 190 g/mol. The largest absolute Gasteiger partial charge is 1.00 e. The van der Waals surface area contributed by atoms with Gasteiger partial charge in [0.2, 0.25) is 0 Å². The fourth-order valence-corrected chi connectivity index (χ4v) is 1.31. The third-order valence-corrected chi connectivity index (χ3v) is 3.08. The van der Waals surface area contributed by atoms with Crippen molar-refractivity contribution in [2.45, 2.75) is 31.6 Å². The Hall–Kier alpha value is 0.870. The number of aliphatic hydroxyl groups is 1. The van der Waals surface area contributed by atoms with Gasteiger partial charge in [-0.3, -0.25) is 0 Å². The maximum Gasteiger partial charge on any atom is 1.00 e. The standard InChI is InChI=1S/C5H12O4S.Na/c1-3-5(6,4-2)10(7,8)9;/h6H,3-4H2,1-2H3,(H,7,8,9);/q;+1/p-1. The van der Waals surface area contributed by atoms with E-state index >= 15 is 0 Å². The van der Waals surface area contributed by atoms with Gasteiger partial charge in [-0.2, -0.15) is 0 Å². The zero-order chi connectivity index (χ0) is 8.41. The van der Waals surface area contributed by atoms with Crippen LogP contribution in [0.1, 0.15) is 26.7 Å². The Morgan fingerprint density at radius 2 is 1.64 bits per heavy atom. The van der Waals surface area contributed by atoms with Crippen LogP contribution in [0, 0.1) is 0 Å². The van der Waals surface area contributed by atoms with E-state index in [0.717, 1.165) is 0 Å². The summed E-state index contributed by atoms with van der Waals surface area (Å²) >= 11 is 0. The Balaban J connectivity index is 0. The van der Waals surface area contributed by atoms with Crippen molar-refractivity contribution in [1.29, 1.82) is 0 Å². The molecule has 0 amide bonds. The second-order valence-corrected chi connectivity index (χ2v) is 3.78. The molecule has 0 atom stereocenters. The minimum absolute atomic E-state index is 0. The van der Waals surface area contributed by atoms with Crippen molar-refractivity contribution in [3.63, 3.8) is 0 Å². The van der Waals surface area contributed by atoms with Crippen LogP contribution in [0.2, 0.25) is 0 Å². The van der Waals surface area contributed by atoms with E-state index in [9.17, 15) is 13.0 Å². The van der Waals surface area contributed by atoms with Crippen molar-refractivity contribution in [1.82, 2.24) is 0 Å². The molecule has 62 valence electrons. The van der Waals surface area contributed by atoms with Crippen LogP contribution in [-0.4, -0.2) is 23.0 Å². The van der Waals surface area contributed by atoms with Gasteiger partial charge in [-0.25, -0.2) is 8.42 Å². The fraction of sp³-hybridized carbons (Fsp3) is 1.00. The molecule has 0 heterocycles. The molecule has 0 saturated carbocycles. The molecule has 0 rings (SSSR count). The van der Waals surface area contributed by atoms with Crippen molar-refractivity contribution in [3.05, 3.63) is 0 Å². The van der Waals surface area contributed by atoms with Crippen LogP contribution in [0.5, 0.6) is 0 Å². The van der Waals surface area contributed by atoms with Crippen LogP contribution in [-0.2, 0) is 10.1 Å². The van der Waals surface area contributed by atoms with Gasteiger partial charge in [-0.15, -0.1) is 0 Å². The minimum atomic E-state index is -4.56. The van der Waals surface area contributed by atoms with Gasteiger partial charge >= 0.3 is 29.6 Å². The SMILES string of the molecule is CCC(O)(CC)S(=O)(=O)[O-].[Na+]. The Kier molecular flexibility index (Phi) is 6.27. The second-order valence-electron chi connectivity index (χ2n) is 2.11. The predicted octanol–water partition coefficient (Wildman–Crippen LogP) is -2.96. The maximum absolute atomic E-state index is 10.3. The maximum atomic E-state index is 10.3. The van der Waals surface area contributed by atoms with E-state index in [1.165, 1.54) is 13.8 Å². The van der Waals surface area contributed by atoms with E-state index in [1.54, 1.807) is 0 Å². The van der Waals surface area contributed by atoms with E-state index in [4.69, 9.17) is 5.11 Å². The molecule has 0 saturated heterocycles. The van der Waals surface area contributed by atoms with Crippen LogP contribution in [0.4, 0.5) is 0 Å². The molecule has 1 N–H and O–H groups in total. The van der Waals surface area contributed by atoms with Crippen LogP contribution in [0.3, 0.4) is 0 Å². The summed E-state index contributed by atoms with van der Waals surface area (Å²) in [4.78, 5) is -2.06. The molecule has 0 aromatic heterocycles. The van der Waals surface area contributed by atoms with Gasteiger partial charge in [0.05, 0.1) is 0 Å². The van der Waals surface area contributed by atoms with E-state index < -0.39 is 15.1 Å². The summed E-state index contributed by atoms with van der Waals surface area (Å²) in [6.45, 7) is 2.91. The Morgan fingerprint density at radius 3 is 1.64 bits per heavy atom. The molecule has 4 nitrogen and oxygen atoms in total. The molecular weight excluding hydrogens is 179 g/mol. The normalized spacial score (nSPS) is 12.4. The van der Waals surface area contributed by atoms with E-state index in [1.807, 2.05) is 0 Å². The smallest absolute Gasteiger partial charge is 0.746 e. The first kappa shape index (κ1) is 14.4. The quantitative estimate of drug-likeness (QED) is 0.381. The summed E-state index contributed by atoms with van der Waals surface area (Å²) in [6.07, 6.45) is -0.120. The molecule has 0 unspecified atom stereocenters. The van der Waals surface area contributed by atoms with E-state index in [2.05, 4.69) is 0 Å². The number of rotatable bonds is 3. The summed E-state index contributed by atoms with van der Waals surface area (Å²) in [6, 6.07) is 0. The summed E-state index contributed by atoms with van der Waals surface area (Å²) in [7, 11) is -4.56. The topological polar surface area (TPSA) is 77.4 Å². The van der Waals surface area contributed by atoms with Crippen molar-refractivity contribution in [2.75, 3.05) is 0 Å². The first-order chi connectivity index (χ1) is 4.37. The third-order valence-electron chi connectivity index (χ3n) is 1.57. The summed E-state index contributed by atoms with van der Waals surface area (Å²) in [5.41, 5.74) is 0. The van der Waals surface area contributed by atoms with Crippen molar-refractivity contribution >= 4 is 10.1 Å².